The number of aliphatic hydroxyl groups excluding tert-OH is 2. The summed E-state index contributed by atoms with van der Waals surface area (Å²) in [5.41, 5.74) is 1.52. The Labute approximate surface area is 189 Å². The van der Waals surface area contributed by atoms with E-state index in [2.05, 4.69) is 26.0 Å². The fourth-order valence-electron chi connectivity index (χ4n) is 6.26. The zero-order chi connectivity index (χ0) is 22.2. The Kier molecular flexibility index (Phi) is 9.65. The molecule has 3 saturated carbocycles. The fourth-order valence-corrected chi connectivity index (χ4v) is 6.26. The van der Waals surface area contributed by atoms with Crippen LogP contribution in [-0.2, 0) is 4.79 Å². The second-order valence-electron chi connectivity index (χ2n) is 10.3. The van der Waals surface area contributed by atoms with Crippen LogP contribution in [0, 0.1) is 23.7 Å². The van der Waals surface area contributed by atoms with Gasteiger partial charge < -0.3 is 15.1 Å². The van der Waals surface area contributed by atoms with Crippen LogP contribution >= 0.6 is 0 Å². The number of hydrogen-bond acceptors (Lipinski definition) is 3. The van der Waals surface area contributed by atoms with Gasteiger partial charge in [0.25, 0.3) is 0 Å². The van der Waals surface area contributed by atoms with E-state index in [9.17, 15) is 15.0 Å². The second kappa shape index (κ2) is 12.2. The van der Waals surface area contributed by atoms with Gasteiger partial charge in [-0.1, -0.05) is 50.5 Å². The molecular formula is C27H45NO3. The summed E-state index contributed by atoms with van der Waals surface area (Å²) in [5.74, 6) is 1.99. The number of allylic oxidation sites excluding steroid dienone is 2. The first-order valence-electron chi connectivity index (χ1n) is 13.0. The molecular weight excluding hydrogens is 386 g/mol. The third kappa shape index (κ3) is 6.68. The van der Waals surface area contributed by atoms with Crippen molar-refractivity contribution in [1.29, 1.82) is 0 Å². The van der Waals surface area contributed by atoms with Gasteiger partial charge in [-0.3, -0.25) is 4.79 Å². The zero-order valence-electron chi connectivity index (χ0n) is 19.8. The molecule has 0 spiro atoms. The van der Waals surface area contributed by atoms with E-state index in [1.54, 1.807) is 0 Å². The van der Waals surface area contributed by atoms with Gasteiger partial charge in [-0.05, 0) is 75.5 Å². The van der Waals surface area contributed by atoms with Crippen molar-refractivity contribution >= 4 is 5.91 Å². The lowest BCUT2D eigenvalue weighted by atomic mass is 9.89. The molecule has 4 heteroatoms. The molecule has 0 saturated heterocycles. The molecule has 0 aromatic rings. The van der Waals surface area contributed by atoms with Gasteiger partial charge in [0, 0.05) is 25.4 Å². The van der Waals surface area contributed by atoms with Crippen molar-refractivity contribution in [1.82, 2.24) is 4.90 Å². The highest BCUT2D eigenvalue weighted by atomic mass is 16.3. The molecule has 0 aliphatic heterocycles. The van der Waals surface area contributed by atoms with Crippen LogP contribution in [0.15, 0.2) is 23.8 Å². The minimum atomic E-state index is -0.345. The maximum Gasteiger partial charge on any atom is 0.222 e. The fraction of sp³-hybridized carbons (Fsp3) is 0.815. The monoisotopic (exact) mass is 431 g/mol. The molecule has 176 valence electrons. The molecule has 3 rings (SSSR count). The first-order chi connectivity index (χ1) is 15.0. The predicted octanol–water partition coefficient (Wildman–Crippen LogP) is 5.25. The van der Waals surface area contributed by atoms with Gasteiger partial charge in [0.15, 0.2) is 0 Å². The summed E-state index contributed by atoms with van der Waals surface area (Å²) in [6.07, 6.45) is 18.3. The van der Waals surface area contributed by atoms with Crippen LogP contribution in [0.4, 0.5) is 0 Å². The first-order valence-corrected chi connectivity index (χ1v) is 13.0. The molecule has 2 N–H and O–H groups in total. The van der Waals surface area contributed by atoms with E-state index in [0.717, 1.165) is 70.9 Å². The Morgan fingerprint density at radius 2 is 1.87 bits per heavy atom. The van der Waals surface area contributed by atoms with Crippen molar-refractivity contribution in [3.05, 3.63) is 23.8 Å². The standard InChI is InChI=1S/C27H45NO3/c1-3-15-28(16-4-2)27(31)12-8-5-9-20-17-22-19-26(30)23(24(22)18-20)13-14-25(29)21-10-6-7-11-21/h9,13-14,21-26,29-30H,3-8,10-12,15-19H2,1-2H3/t22-,23+,24-,25+,26+/m0/s1. The Bertz CT molecular complexity index is 616. The van der Waals surface area contributed by atoms with Crippen molar-refractivity contribution in [2.45, 2.75) is 103 Å². The summed E-state index contributed by atoms with van der Waals surface area (Å²) in [4.78, 5) is 14.4. The Morgan fingerprint density at radius 1 is 1.16 bits per heavy atom. The normalized spacial score (nSPS) is 31.0. The number of amides is 1. The number of hydrogen-bond donors (Lipinski definition) is 2. The minimum Gasteiger partial charge on any atom is -0.392 e. The second-order valence-corrected chi connectivity index (χ2v) is 10.3. The molecule has 5 atom stereocenters. The van der Waals surface area contributed by atoms with Crippen molar-refractivity contribution < 1.29 is 15.0 Å². The van der Waals surface area contributed by atoms with Gasteiger partial charge >= 0.3 is 0 Å². The molecule has 3 aliphatic rings. The van der Waals surface area contributed by atoms with Crippen molar-refractivity contribution in [2.24, 2.45) is 23.7 Å². The molecule has 0 unspecified atom stereocenters. The Hall–Kier alpha value is -1.13. The number of rotatable bonds is 11. The average Bonchev–Trinajstić information content (AvgIpc) is 3.46. The van der Waals surface area contributed by atoms with Gasteiger partial charge in [-0.2, -0.15) is 0 Å². The van der Waals surface area contributed by atoms with E-state index in [-0.39, 0.29) is 18.1 Å². The summed E-state index contributed by atoms with van der Waals surface area (Å²) in [6, 6.07) is 0. The molecule has 31 heavy (non-hydrogen) atoms. The summed E-state index contributed by atoms with van der Waals surface area (Å²) in [5, 5.41) is 21.1. The number of nitrogens with zero attached hydrogens (tertiary/aromatic N) is 1. The Balaban J connectivity index is 1.45. The molecule has 0 aromatic heterocycles. The lowest BCUT2D eigenvalue weighted by Gasteiger charge is -2.21. The highest BCUT2D eigenvalue weighted by Gasteiger charge is 2.45. The summed E-state index contributed by atoms with van der Waals surface area (Å²) in [6.45, 7) is 6.02. The van der Waals surface area contributed by atoms with E-state index in [1.165, 1.54) is 18.4 Å². The average molecular weight is 432 g/mol. The van der Waals surface area contributed by atoms with Gasteiger partial charge in [-0.15, -0.1) is 0 Å². The van der Waals surface area contributed by atoms with Crippen LogP contribution in [0.5, 0.6) is 0 Å². The number of unbranched alkanes of at least 4 members (excludes halogenated alkanes) is 1. The molecule has 0 heterocycles. The van der Waals surface area contributed by atoms with Crippen LogP contribution in [0.25, 0.3) is 0 Å². The highest BCUT2D eigenvalue weighted by Crippen LogP contribution is 2.50. The molecule has 0 bridgehead atoms. The molecule has 3 aliphatic carbocycles. The predicted molar refractivity (Wildman–Crippen MR) is 127 cm³/mol. The van der Waals surface area contributed by atoms with Crippen molar-refractivity contribution in [2.75, 3.05) is 13.1 Å². The lowest BCUT2D eigenvalue weighted by Crippen LogP contribution is -2.32. The van der Waals surface area contributed by atoms with E-state index in [1.807, 2.05) is 11.0 Å². The van der Waals surface area contributed by atoms with Crippen LogP contribution in [0.2, 0.25) is 0 Å². The van der Waals surface area contributed by atoms with Gasteiger partial charge in [0.1, 0.15) is 0 Å². The van der Waals surface area contributed by atoms with Gasteiger partial charge in [0.05, 0.1) is 12.2 Å². The molecule has 0 aromatic carbocycles. The third-order valence-electron chi connectivity index (χ3n) is 7.89. The van der Waals surface area contributed by atoms with Crippen molar-refractivity contribution in [3.8, 4) is 0 Å². The molecule has 4 nitrogen and oxygen atoms in total. The highest BCUT2D eigenvalue weighted by molar-refractivity contribution is 5.76. The van der Waals surface area contributed by atoms with E-state index < -0.39 is 0 Å². The van der Waals surface area contributed by atoms with Gasteiger partial charge in [-0.25, -0.2) is 0 Å². The minimum absolute atomic E-state index is 0.185. The maximum absolute atomic E-state index is 12.4. The quantitative estimate of drug-likeness (QED) is 0.347. The van der Waals surface area contributed by atoms with Crippen molar-refractivity contribution in [3.63, 3.8) is 0 Å². The number of carbonyl (C=O) groups excluding carboxylic acids is 1. The number of aliphatic hydroxyl groups is 2. The zero-order valence-corrected chi connectivity index (χ0v) is 19.8. The summed E-state index contributed by atoms with van der Waals surface area (Å²) in [7, 11) is 0. The molecule has 3 fully saturated rings. The largest absolute Gasteiger partial charge is 0.392 e. The van der Waals surface area contributed by atoms with Crippen LogP contribution in [-0.4, -0.2) is 46.3 Å². The summed E-state index contributed by atoms with van der Waals surface area (Å²) < 4.78 is 0. The lowest BCUT2D eigenvalue weighted by molar-refractivity contribution is -0.131. The SMILES string of the molecule is CCCN(CCC)C(=O)CCCC=C1C[C@H]2C[C@@H](O)[C@H](C=C[C@@H](O)C3CCCC3)[C@H]2C1. The third-order valence-corrected chi connectivity index (χ3v) is 7.89. The summed E-state index contributed by atoms with van der Waals surface area (Å²) >= 11 is 0. The van der Waals surface area contributed by atoms with Crippen LogP contribution < -0.4 is 0 Å². The van der Waals surface area contributed by atoms with E-state index >= 15 is 0 Å². The smallest absolute Gasteiger partial charge is 0.222 e. The van der Waals surface area contributed by atoms with E-state index in [4.69, 9.17) is 0 Å². The van der Waals surface area contributed by atoms with Crippen LogP contribution in [0.1, 0.15) is 90.9 Å². The van der Waals surface area contributed by atoms with E-state index in [0.29, 0.717) is 30.1 Å². The maximum atomic E-state index is 12.4. The topological polar surface area (TPSA) is 60.8 Å². The Morgan fingerprint density at radius 3 is 2.55 bits per heavy atom. The first kappa shape index (κ1) is 24.5. The number of fused-ring (bicyclic) bond motifs is 1. The number of carbonyl (C=O) groups is 1. The van der Waals surface area contributed by atoms with Crippen LogP contribution in [0.3, 0.4) is 0 Å². The molecule has 0 radical (unpaired) electrons. The molecule has 1 amide bonds. The van der Waals surface area contributed by atoms with Gasteiger partial charge in [0.2, 0.25) is 5.91 Å².